The van der Waals surface area contributed by atoms with Crippen molar-refractivity contribution in [2.24, 2.45) is 28.6 Å². The molecule has 0 spiro atoms. The summed E-state index contributed by atoms with van der Waals surface area (Å²) in [6.07, 6.45) is 12.2. The van der Waals surface area contributed by atoms with E-state index < -0.39 is 8.32 Å². The largest absolute Gasteiger partial charge is 0.414 e. The molecule has 0 bridgehead atoms. The molecule has 4 rings (SSSR count). The van der Waals surface area contributed by atoms with Gasteiger partial charge in [-0.15, -0.1) is 0 Å². The van der Waals surface area contributed by atoms with E-state index in [2.05, 4.69) is 53.8 Å². The molecule has 2 nitrogen and oxygen atoms in total. The summed E-state index contributed by atoms with van der Waals surface area (Å²) in [7, 11) is -1.71. The van der Waals surface area contributed by atoms with Gasteiger partial charge in [0.2, 0.25) is 0 Å². The second-order valence-corrected chi connectivity index (χ2v) is 17.2. The van der Waals surface area contributed by atoms with Crippen molar-refractivity contribution >= 4 is 14.1 Å². The highest BCUT2D eigenvalue weighted by atomic mass is 28.4. The van der Waals surface area contributed by atoms with Gasteiger partial charge in [0.1, 0.15) is 5.78 Å². The molecule has 0 aromatic carbocycles. The average molecular weight is 403 g/mol. The van der Waals surface area contributed by atoms with E-state index in [-0.39, 0.29) is 10.5 Å². The Morgan fingerprint density at radius 2 is 1.68 bits per heavy atom. The molecular formula is C25H42O2Si. The number of Topliss-reactive ketones (excluding diaryl/α,β-unsaturated/α-hetero) is 1. The standard InChI is InChI=1S/C25H42O2Si/c1-23(2,3)28(6,7)27-18-12-14-24(4)17(16-18)8-9-19-20-10-11-22(26)25(20,5)15-13-21(19)24/h8,18-21H,9-16H2,1-7H3/t18-,19?,20?,21?,24-,25-/m0/s1. The number of hydrogen-bond donors (Lipinski definition) is 0. The van der Waals surface area contributed by atoms with Crippen molar-refractivity contribution in [1.29, 1.82) is 0 Å². The Morgan fingerprint density at radius 1 is 1.04 bits per heavy atom. The first-order valence-electron chi connectivity index (χ1n) is 11.8. The maximum absolute atomic E-state index is 12.6. The number of rotatable bonds is 2. The van der Waals surface area contributed by atoms with Crippen LogP contribution >= 0.6 is 0 Å². The molecule has 0 N–H and O–H groups in total. The van der Waals surface area contributed by atoms with Crippen molar-refractivity contribution in [2.45, 2.75) is 110 Å². The lowest BCUT2D eigenvalue weighted by Gasteiger charge is -2.57. The molecule has 0 radical (unpaired) electrons. The van der Waals surface area contributed by atoms with Crippen molar-refractivity contribution in [3.8, 4) is 0 Å². The number of allylic oxidation sites excluding steroid dienone is 1. The quantitative estimate of drug-likeness (QED) is 0.370. The molecule has 3 unspecified atom stereocenters. The van der Waals surface area contributed by atoms with Crippen LogP contribution in [0.25, 0.3) is 0 Å². The van der Waals surface area contributed by atoms with Crippen LogP contribution in [0.1, 0.15) is 86.0 Å². The average Bonchev–Trinajstić information content (AvgIpc) is 2.89. The van der Waals surface area contributed by atoms with E-state index in [0.29, 0.717) is 23.2 Å². The minimum atomic E-state index is -1.71. The normalized spacial score (nSPS) is 43.8. The first-order valence-corrected chi connectivity index (χ1v) is 14.7. The van der Waals surface area contributed by atoms with Gasteiger partial charge in [0.05, 0.1) is 0 Å². The molecule has 28 heavy (non-hydrogen) atoms. The highest BCUT2D eigenvalue weighted by molar-refractivity contribution is 6.74. The summed E-state index contributed by atoms with van der Waals surface area (Å²) in [4.78, 5) is 12.6. The van der Waals surface area contributed by atoms with Crippen LogP contribution in [0, 0.1) is 28.6 Å². The number of carbonyl (C=O) groups is 1. The van der Waals surface area contributed by atoms with Gasteiger partial charge < -0.3 is 4.43 Å². The van der Waals surface area contributed by atoms with Gasteiger partial charge in [-0.05, 0) is 86.2 Å². The number of ketones is 1. The Balaban J connectivity index is 1.53. The Bertz CT molecular complexity index is 687. The van der Waals surface area contributed by atoms with Crippen molar-refractivity contribution in [3.63, 3.8) is 0 Å². The molecule has 3 saturated carbocycles. The van der Waals surface area contributed by atoms with E-state index in [1.54, 1.807) is 5.57 Å². The van der Waals surface area contributed by atoms with Crippen molar-refractivity contribution in [3.05, 3.63) is 11.6 Å². The fraction of sp³-hybridized carbons (Fsp3) is 0.880. The first-order chi connectivity index (χ1) is 12.9. The molecule has 3 heteroatoms. The van der Waals surface area contributed by atoms with Crippen LogP contribution in [0.3, 0.4) is 0 Å². The van der Waals surface area contributed by atoms with Gasteiger partial charge in [0.25, 0.3) is 0 Å². The van der Waals surface area contributed by atoms with Crippen LogP contribution in [-0.2, 0) is 9.22 Å². The van der Waals surface area contributed by atoms with E-state index in [4.69, 9.17) is 4.43 Å². The third-order valence-corrected chi connectivity index (χ3v) is 14.6. The predicted octanol–water partition coefficient (Wildman–Crippen LogP) is 6.91. The summed E-state index contributed by atoms with van der Waals surface area (Å²) >= 11 is 0. The van der Waals surface area contributed by atoms with Gasteiger partial charge in [0.15, 0.2) is 8.32 Å². The van der Waals surface area contributed by atoms with Gasteiger partial charge >= 0.3 is 0 Å². The maximum Gasteiger partial charge on any atom is 0.192 e. The Labute approximate surface area is 174 Å². The molecule has 3 fully saturated rings. The van der Waals surface area contributed by atoms with Crippen molar-refractivity contribution < 1.29 is 9.22 Å². The number of carbonyl (C=O) groups excluding carboxylic acids is 1. The molecular weight excluding hydrogens is 360 g/mol. The third-order valence-electron chi connectivity index (χ3n) is 10.0. The van der Waals surface area contributed by atoms with E-state index in [9.17, 15) is 4.79 Å². The summed E-state index contributed by atoms with van der Waals surface area (Å²) in [5.41, 5.74) is 2.03. The second-order valence-electron chi connectivity index (χ2n) is 12.4. The van der Waals surface area contributed by atoms with E-state index in [0.717, 1.165) is 37.5 Å². The second kappa shape index (κ2) is 6.54. The molecule has 0 aliphatic heterocycles. The molecule has 0 aromatic heterocycles. The lowest BCUT2D eigenvalue weighted by atomic mass is 9.48. The summed E-state index contributed by atoms with van der Waals surface area (Å²) < 4.78 is 6.83. The molecule has 0 saturated heterocycles. The Morgan fingerprint density at radius 3 is 2.36 bits per heavy atom. The zero-order chi connectivity index (χ0) is 20.5. The zero-order valence-electron chi connectivity index (χ0n) is 19.4. The van der Waals surface area contributed by atoms with E-state index in [1.807, 2.05) is 0 Å². The SMILES string of the molecule is CC(C)(C)[Si](C)(C)O[C@H]1CC[C@@]2(C)C(=CCC3C2CC[C@]2(C)C(=O)CCC32)C1. The topological polar surface area (TPSA) is 26.3 Å². The van der Waals surface area contributed by atoms with Gasteiger partial charge in [-0.1, -0.05) is 46.3 Å². The summed E-state index contributed by atoms with van der Waals surface area (Å²) in [6.45, 7) is 16.7. The van der Waals surface area contributed by atoms with Crippen LogP contribution in [0.4, 0.5) is 0 Å². The molecule has 0 heterocycles. The third kappa shape index (κ3) is 3.02. The monoisotopic (exact) mass is 402 g/mol. The van der Waals surface area contributed by atoms with Gasteiger partial charge in [-0.3, -0.25) is 4.79 Å². The van der Waals surface area contributed by atoms with Crippen LogP contribution < -0.4 is 0 Å². The highest BCUT2D eigenvalue weighted by Gasteiger charge is 2.58. The minimum absolute atomic E-state index is 0.00842. The lowest BCUT2D eigenvalue weighted by Crippen LogP contribution is -2.51. The minimum Gasteiger partial charge on any atom is -0.414 e. The lowest BCUT2D eigenvalue weighted by molar-refractivity contribution is -0.131. The summed E-state index contributed by atoms with van der Waals surface area (Å²) in [5.74, 6) is 2.71. The van der Waals surface area contributed by atoms with E-state index in [1.165, 1.54) is 25.7 Å². The van der Waals surface area contributed by atoms with Crippen molar-refractivity contribution in [1.82, 2.24) is 0 Å². The van der Waals surface area contributed by atoms with Crippen LogP contribution in [0.15, 0.2) is 11.6 Å². The van der Waals surface area contributed by atoms with Gasteiger partial charge in [0, 0.05) is 17.9 Å². The fourth-order valence-electron chi connectivity index (χ4n) is 7.09. The molecule has 6 atom stereocenters. The predicted molar refractivity (Wildman–Crippen MR) is 119 cm³/mol. The van der Waals surface area contributed by atoms with Crippen LogP contribution in [0.2, 0.25) is 18.1 Å². The Kier molecular flexibility index (Phi) is 4.87. The first kappa shape index (κ1) is 20.8. The van der Waals surface area contributed by atoms with Gasteiger partial charge in [-0.25, -0.2) is 0 Å². The van der Waals surface area contributed by atoms with Gasteiger partial charge in [-0.2, -0.15) is 0 Å². The summed E-state index contributed by atoms with van der Waals surface area (Å²) in [5, 5.41) is 0.280. The molecule has 0 aromatic rings. The zero-order valence-corrected chi connectivity index (χ0v) is 20.4. The van der Waals surface area contributed by atoms with Crippen LogP contribution in [-0.4, -0.2) is 20.2 Å². The summed E-state index contributed by atoms with van der Waals surface area (Å²) in [6, 6.07) is 0. The van der Waals surface area contributed by atoms with E-state index >= 15 is 0 Å². The van der Waals surface area contributed by atoms with Crippen LogP contribution in [0.5, 0.6) is 0 Å². The highest BCUT2D eigenvalue weighted by Crippen LogP contribution is 2.64. The van der Waals surface area contributed by atoms with Crippen molar-refractivity contribution in [2.75, 3.05) is 0 Å². The smallest absolute Gasteiger partial charge is 0.192 e. The molecule has 158 valence electrons. The number of fused-ring (bicyclic) bond motifs is 5. The molecule has 4 aliphatic carbocycles. The fourth-order valence-corrected chi connectivity index (χ4v) is 8.48. The molecule has 0 amide bonds. The Hall–Kier alpha value is -0.413. The number of hydrogen-bond acceptors (Lipinski definition) is 2. The maximum atomic E-state index is 12.6. The molecule has 4 aliphatic rings.